The summed E-state index contributed by atoms with van der Waals surface area (Å²) in [4.78, 5) is 2.25. The van der Waals surface area contributed by atoms with Gasteiger partial charge in [0.1, 0.15) is 5.82 Å². The Morgan fingerprint density at radius 3 is 2.62 bits per heavy atom. The fourth-order valence-electron chi connectivity index (χ4n) is 2.20. The number of piperidine rings is 1. The smallest absolute Gasteiger partial charge is 0.125 e. The van der Waals surface area contributed by atoms with Crippen LogP contribution in [0, 0.1) is 11.7 Å². The van der Waals surface area contributed by atoms with Gasteiger partial charge in [0, 0.05) is 25.3 Å². The lowest BCUT2D eigenvalue weighted by atomic mass is 9.98. The third kappa shape index (κ3) is 2.53. The van der Waals surface area contributed by atoms with E-state index in [1.165, 1.54) is 18.9 Å². The van der Waals surface area contributed by atoms with Gasteiger partial charge >= 0.3 is 0 Å². The van der Waals surface area contributed by atoms with Crippen molar-refractivity contribution in [3.8, 4) is 0 Å². The molecule has 1 saturated heterocycles. The maximum atomic E-state index is 13.4. The summed E-state index contributed by atoms with van der Waals surface area (Å²) in [6, 6.07) is 5.12. The van der Waals surface area contributed by atoms with E-state index < -0.39 is 0 Å². The summed E-state index contributed by atoms with van der Waals surface area (Å²) in [5, 5.41) is 0. The molecule has 0 spiro atoms. The average molecular weight is 222 g/mol. The number of hydrogen-bond acceptors (Lipinski definition) is 2. The number of halogens is 1. The molecule has 0 bridgehead atoms. The molecule has 0 atom stereocenters. The van der Waals surface area contributed by atoms with Gasteiger partial charge in [0.05, 0.1) is 0 Å². The zero-order valence-electron chi connectivity index (χ0n) is 9.75. The lowest BCUT2D eigenvalue weighted by molar-refractivity contribution is 0.438. The van der Waals surface area contributed by atoms with Crippen molar-refractivity contribution in [3.05, 3.63) is 29.6 Å². The molecule has 1 aromatic carbocycles. The summed E-state index contributed by atoms with van der Waals surface area (Å²) in [7, 11) is 0. The second-order valence-corrected chi connectivity index (χ2v) is 4.69. The van der Waals surface area contributed by atoms with Crippen LogP contribution in [0.25, 0.3) is 0 Å². The highest BCUT2D eigenvalue weighted by Gasteiger charge is 2.16. The summed E-state index contributed by atoms with van der Waals surface area (Å²) in [5.74, 6) is 0.607. The molecule has 0 unspecified atom stereocenters. The van der Waals surface area contributed by atoms with E-state index in [-0.39, 0.29) is 5.82 Å². The maximum Gasteiger partial charge on any atom is 0.125 e. The monoisotopic (exact) mass is 222 g/mol. The van der Waals surface area contributed by atoms with E-state index in [0.29, 0.717) is 6.54 Å². The second kappa shape index (κ2) is 4.83. The Bertz CT molecular complexity index is 357. The maximum absolute atomic E-state index is 13.4. The van der Waals surface area contributed by atoms with E-state index in [2.05, 4.69) is 11.8 Å². The predicted octanol–water partition coefficient (Wildman–Crippen LogP) is 2.52. The molecule has 2 nitrogen and oxygen atoms in total. The number of nitrogens with two attached hydrogens (primary N) is 1. The average Bonchev–Trinajstić information content (AvgIpc) is 2.29. The molecule has 88 valence electrons. The molecule has 0 aromatic heterocycles. The molecule has 0 aliphatic carbocycles. The highest BCUT2D eigenvalue weighted by Crippen LogP contribution is 2.24. The van der Waals surface area contributed by atoms with Crippen LogP contribution in [0.3, 0.4) is 0 Å². The van der Waals surface area contributed by atoms with Crippen LogP contribution in [0.1, 0.15) is 25.3 Å². The van der Waals surface area contributed by atoms with Gasteiger partial charge in [-0.2, -0.15) is 0 Å². The van der Waals surface area contributed by atoms with E-state index in [1.54, 1.807) is 6.07 Å². The van der Waals surface area contributed by atoms with E-state index in [4.69, 9.17) is 5.73 Å². The van der Waals surface area contributed by atoms with Crippen molar-refractivity contribution in [2.24, 2.45) is 11.7 Å². The van der Waals surface area contributed by atoms with Crippen molar-refractivity contribution in [1.82, 2.24) is 0 Å². The zero-order chi connectivity index (χ0) is 11.5. The van der Waals surface area contributed by atoms with Crippen LogP contribution in [-0.2, 0) is 6.54 Å². The van der Waals surface area contributed by atoms with Crippen LogP contribution >= 0.6 is 0 Å². The number of anilines is 1. The molecule has 3 heteroatoms. The summed E-state index contributed by atoms with van der Waals surface area (Å²) >= 11 is 0. The zero-order valence-corrected chi connectivity index (χ0v) is 9.75. The van der Waals surface area contributed by atoms with Gasteiger partial charge in [-0.1, -0.05) is 6.92 Å². The van der Waals surface area contributed by atoms with Crippen molar-refractivity contribution in [2.75, 3.05) is 18.0 Å². The van der Waals surface area contributed by atoms with Crippen LogP contribution in [-0.4, -0.2) is 13.1 Å². The third-order valence-electron chi connectivity index (χ3n) is 3.33. The molecule has 0 amide bonds. The topological polar surface area (TPSA) is 29.3 Å². The molecule has 1 aliphatic heterocycles. The Kier molecular flexibility index (Phi) is 3.44. The van der Waals surface area contributed by atoms with E-state index in [9.17, 15) is 4.39 Å². The lowest BCUT2D eigenvalue weighted by Crippen LogP contribution is -2.32. The highest BCUT2D eigenvalue weighted by molar-refractivity contribution is 5.49. The van der Waals surface area contributed by atoms with Gasteiger partial charge in [-0.3, -0.25) is 0 Å². The van der Waals surface area contributed by atoms with Gasteiger partial charge < -0.3 is 10.6 Å². The first kappa shape index (κ1) is 11.4. The van der Waals surface area contributed by atoms with E-state index in [1.807, 2.05) is 6.07 Å². The number of hydrogen-bond donors (Lipinski definition) is 1. The molecule has 1 fully saturated rings. The molecular weight excluding hydrogens is 203 g/mol. The second-order valence-electron chi connectivity index (χ2n) is 4.69. The Balaban J connectivity index is 2.16. The summed E-state index contributed by atoms with van der Waals surface area (Å²) in [5.41, 5.74) is 7.40. The van der Waals surface area contributed by atoms with E-state index >= 15 is 0 Å². The molecule has 1 heterocycles. The first-order valence-corrected chi connectivity index (χ1v) is 5.93. The van der Waals surface area contributed by atoms with Gasteiger partial charge in [0.2, 0.25) is 0 Å². The molecule has 2 N–H and O–H groups in total. The Labute approximate surface area is 96.2 Å². The van der Waals surface area contributed by atoms with Crippen molar-refractivity contribution in [2.45, 2.75) is 26.3 Å². The molecule has 0 radical (unpaired) electrons. The summed E-state index contributed by atoms with van der Waals surface area (Å²) in [6.07, 6.45) is 2.38. The molecule has 1 aliphatic rings. The normalized spacial score (nSPS) is 17.8. The molecular formula is C13H19FN2. The van der Waals surface area contributed by atoms with Crippen LogP contribution in [0.4, 0.5) is 10.1 Å². The van der Waals surface area contributed by atoms with Crippen LogP contribution < -0.4 is 10.6 Å². The van der Waals surface area contributed by atoms with Crippen molar-refractivity contribution in [1.29, 1.82) is 0 Å². The number of benzene rings is 1. The Morgan fingerprint density at radius 1 is 1.31 bits per heavy atom. The van der Waals surface area contributed by atoms with Crippen molar-refractivity contribution < 1.29 is 4.39 Å². The highest BCUT2D eigenvalue weighted by atomic mass is 19.1. The van der Waals surface area contributed by atoms with Crippen molar-refractivity contribution in [3.63, 3.8) is 0 Å². The van der Waals surface area contributed by atoms with Crippen LogP contribution in [0.5, 0.6) is 0 Å². The number of nitrogens with zero attached hydrogens (tertiary/aromatic N) is 1. The van der Waals surface area contributed by atoms with Gasteiger partial charge in [-0.05, 0) is 42.5 Å². The summed E-state index contributed by atoms with van der Waals surface area (Å²) < 4.78 is 13.4. The molecule has 0 saturated carbocycles. The first-order chi connectivity index (χ1) is 7.69. The minimum absolute atomic E-state index is 0.184. The fraction of sp³-hybridized carbons (Fsp3) is 0.538. The largest absolute Gasteiger partial charge is 0.371 e. The fourth-order valence-corrected chi connectivity index (χ4v) is 2.20. The predicted molar refractivity (Wildman–Crippen MR) is 64.9 cm³/mol. The molecule has 2 rings (SSSR count). The quantitative estimate of drug-likeness (QED) is 0.833. The van der Waals surface area contributed by atoms with Gasteiger partial charge in [-0.25, -0.2) is 4.39 Å². The lowest BCUT2D eigenvalue weighted by Gasteiger charge is -2.32. The Hall–Kier alpha value is -1.09. The van der Waals surface area contributed by atoms with Gasteiger partial charge in [-0.15, -0.1) is 0 Å². The Morgan fingerprint density at radius 2 is 2.00 bits per heavy atom. The van der Waals surface area contributed by atoms with Crippen molar-refractivity contribution >= 4 is 5.69 Å². The number of rotatable bonds is 2. The minimum Gasteiger partial charge on any atom is -0.371 e. The summed E-state index contributed by atoms with van der Waals surface area (Å²) in [6.45, 7) is 4.71. The standard InChI is InChI=1S/C13H19FN2/c1-10-2-4-16(5-3-10)13-7-11(9-15)6-12(14)8-13/h6-8,10H,2-5,9,15H2,1H3. The van der Waals surface area contributed by atoms with Crippen LogP contribution in [0.15, 0.2) is 18.2 Å². The van der Waals surface area contributed by atoms with Gasteiger partial charge in [0.15, 0.2) is 0 Å². The SMILES string of the molecule is CC1CCN(c2cc(F)cc(CN)c2)CC1. The first-order valence-electron chi connectivity index (χ1n) is 5.93. The van der Waals surface area contributed by atoms with Gasteiger partial charge in [0.25, 0.3) is 0 Å². The van der Waals surface area contributed by atoms with E-state index in [0.717, 1.165) is 30.3 Å². The molecule has 16 heavy (non-hydrogen) atoms. The van der Waals surface area contributed by atoms with Crippen LogP contribution in [0.2, 0.25) is 0 Å². The third-order valence-corrected chi connectivity index (χ3v) is 3.33. The molecule has 1 aromatic rings. The minimum atomic E-state index is -0.184.